The largest absolute Gasteiger partial charge is 0.481 e. The second kappa shape index (κ2) is 6.51. The number of rotatable bonds is 5. The maximum Gasteiger partial charge on any atom is 0.416 e. The molecule has 8 heteroatoms. The summed E-state index contributed by atoms with van der Waals surface area (Å²) in [6, 6.07) is 3.23. The van der Waals surface area contributed by atoms with Crippen LogP contribution >= 0.6 is 11.8 Å². The maximum absolute atomic E-state index is 12.8. The number of carbonyl (C=O) groups is 1. The predicted octanol–water partition coefficient (Wildman–Crippen LogP) is 3.78. The van der Waals surface area contributed by atoms with E-state index in [9.17, 15) is 18.0 Å². The Balaban J connectivity index is 2.55. The standard InChI is InChI=1S/C14H13F3N2O2S/c1-2-3-11-18-10-5-4-8(14(15,16)17)6-9(10)13(19-11)22-7-12(20)21/h4-6H,2-3,7H2,1H3,(H,20,21). The maximum atomic E-state index is 12.8. The van der Waals surface area contributed by atoms with Crippen LogP contribution in [0.25, 0.3) is 10.9 Å². The lowest BCUT2D eigenvalue weighted by atomic mass is 10.1. The molecular weight excluding hydrogens is 317 g/mol. The normalized spacial score (nSPS) is 11.8. The van der Waals surface area contributed by atoms with Crippen LogP contribution in [0.3, 0.4) is 0 Å². The van der Waals surface area contributed by atoms with Gasteiger partial charge < -0.3 is 5.11 Å². The van der Waals surface area contributed by atoms with E-state index in [0.29, 0.717) is 17.8 Å². The van der Waals surface area contributed by atoms with Gasteiger partial charge in [-0.2, -0.15) is 13.2 Å². The van der Waals surface area contributed by atoms with E-state index < -0.39 is 17.7 Å². The Morgan fingerprint density at radius 3 is 2.64 bits per heavy atom. The van der Waals surface area contributed by atoms with E-state index >= 15 is 0 Å². The molecule has 0 bridgehead atoms. The number of carboxylic acid groups (broad SMARTS) is 1. The fourth-order valence-corrected chi connectivity index (χ4v) is 2.65. The van der Waals surface area contributed by atoms with Gasteiger partial charge in [-0.3, -0.25) is 4.79 Å². The lowest BCUT2D eigenvalue weighted by Gasteiger charge is -2.11. The molecule has 2 rings (SSSR count). The molecule has 1 aromatic carbocycles. The first-order chi connectivity index (χ1) is 10.3. The van der Waals surface area contributed by atoms with E-state index in [2.05, 4.69) is 9.97 Å². The summed E-state index contributed by atoms with van der Waals surface area (Å²) in [5.74, 6) is -0.822. The lowest BCUT2D eigenvalue weighted by Crippen LogP contribution is -2.06. The van der Waals surface area contributed by atoms with Gasteiger partial charge in [-0.1, -0.05) is 18.7 Å². The van der Waals surface area contributed by atoms with Crippen molar-refractivity contribution in [2.24, 2.45) is 0 Å². The van der Waals surface area contributed by atoms with Gasteiger partial charge in [0.1, 0.15) is 10.9 Å². The van der Waals surface area contributed by atoms with Crippen molar-refractivity contribution in [1.82, 2.24) is 9.97 Å². The second-order valence-corrected chi connectivity index (χ2v) is 5.57. The third-order valence-electron chi connectivity index (χ3n) is 2.84. The van der Waals surface area contributed by atoms with Gasteiger partial charge in [-0.15, -0.1) is 0 Å². The summed E-state index contributed by atoms with van der Waals surface area (Å²) in [7, 11) is 0. The fourth-order valence-electron chi connectivity index (χ4n) is 1.90. The van der Waals surface area contributed by atoms with Crippen LogP contribution in [0.1, 0.15) is 24.7 Å². The molecule has 0 unspecified atom stereocenters. The van der Waals surface area contributed by atoms with E-state index in [0.717, 1.165) is 30.3 Å². The summed E-state index contributed by atoms with van der Waals surface area (Å²) in [6.45, 7) is 1.93. The second-order valence-electron chi connectivity index (χ2n) is 4.61. The highest BCUT2D eigenvalue weighted by molar-refractivity contribution is 8.00. The minimum absolute atomic E-state index is 0.223. The monoisotopic (exact) mass is 330 g/mol. The lowest BCUT2D eigenvalue weighted by molar-refractivity contribution is -0.137. The summed E-state index contributed by atoms with van der Waals surface area (Å²) in [5, 5.41) is 9.25. The number of hydrogen-bond donors (Lipinski definition) is 1. The molecule has 0 radical (unpaired) electrons. The molecule has 1 heterocycles. The molecule has 4 nitrogen and oxygen atoms in total. The Hall–Kier alpha value is -1.83. The Bertz CT molecular complexity index is 704. The van der Waals surface area contributed by atoms with Crippen molar-refractivity contribution < 1.29 is 23.1 Å². The molecule has 1 aromatic heterocycles. The molecule has 2 aromatic rings. The number of halogens is 3. The average molecular weight is 330 g/mol. The van der Waals surface area contributed by atoms with E-state index in [1.54, 1.807) is 0 Å². The van der Waals surface area contributed by atoms with Crippen molar-refractivity contribution in [3.8, 4) is 0 Å². The quantitative estimate of drug-likeness (QED) is 0.668. The zero-order chi connectivity index (χ0) is 16.3. The Morgan fingerprint density at radius 1 is 1.32 bits per heavy atom. The van der Waals surface area contributed by atoms with Crippen LogP contribution in [0.15, 0.2) is 23.2 Å². The van der Waals surface area contributed by atoms with E-state index in [1.165, 1.54) is 6.07 Å². The molecule has 22 heavy (non-hydrogen) atoms. The number of aromatic nitrogens is 2. The van der Waals surface area contributed by atoms with Crippen molar-refractivity contribution in [2.45, 2.75) is 31.0 Å². The third-order valence-corrected chi connectivity index (χ3v) is 3.82. The molecule has 0 amide bonds. The van der Waals surface area contributed by atoms with Crippen LogP contribution in [0.5, 0.6) is 0 Å². The van der Waals surface area contributed by atoms with Crippen LogP contribution in [0.4, 0.5) is 13.2 Å². The van der Waals surface area contributed by atoms with Gasteiger partial charge in [-0.25, -0.2) is 9.97 Å². The minimum Gasteiger partial charge on any atom is -0.481 e. The van der Waals surface area contributed by atoms with Crippen LogP contribution in [-0.4, -0.2) is 26.8 Å². The van der Waals surface area contributed by atoms with Crippen molar-refractivity contribution in [1.29, 1.82) is 0 Å². The van der Waals surface area contributed by atoms with Gasteiger partial charge in [0.15, 0.2) is 0 Å². The smallest absolute Gasteiger partial charge is 0.416 e. The molecule has 0 atom stereocenters. The van der Waals surface area contributed by atoms with Crippen molar-refractivity contribution in [3.05, 3.63) is 29.6 Å². The Morgan fingerprint density at radius 2 is 2.05 bits per heavy atom. The van der Waals surface area contributed by atoms with Gasteiger partial charge in [0.25, 0.3) is 0 Å². The number of nitrogens with zero attached hydrogens (tertiary/aromatic N) is 2. The first-order valence-corrected chi connectivity index (χ1v) is 7.52. The molecule has 0 saturated carbocycles. The zero-order valence-electron chi connectivity index (χ0n) is 11.6. The van der Waals surface area contributed by atoms with Gasteiger partial charge in [0, 0.05) is 11.8 Å². The number of benzene rings is 1. The summed E-state index contributed by atoms with van der Waals surface area (Å²) < 4.78 is 38.5. The van der Waals surface area contributed by atoms with Crippen LogP contribution in [-0.2, 0) is 17.4 Å². The highest BCUT2D eigenvalue weighted by atomic mass is 32.2. The summed E-state index contributed by atoms with van der Waals surface area (Å²) >= 11 is 0.899. The molecule has 0 aliphatic carbocycles. The third kappa shape index (κ3) is 3.88. The molecule has 0 spiro atoms. The summed E-state index contributed by atoms with van der Waals surface area (Å²) in [5.41, 5.74) is -0.414. The molecule has 0 fully saturated rings. The van der Waals surface area contributed by atoms with Gasteiger partial charge in [0.2, 0.25) is 0 Å². The molecule has 0 aliphatic heterocycles. The molecule has 1 N–H and O–H groups in total. The molecule has 118 valence electrons. The fraction of sp³-hybridized carbons (Fsp3) is 0.357. The Labute approximate surface area is 128 Å². The molecule has 0 saturated heterocycles. The van der Waals surface area contributed by atoms with E-state index in [1.807, 2.05) is 6.92 Å². The van der Waals surface area contributed by atoms with Gasteiger partial charge in [0.05, 0.1) is 16.8 Å². The SMILES string of the molecule is CCCc1nc(SCC(=O)O)c2cc(C(F)(F)F)ccc2n1. The molecule has 0 aliphatic rings. The highest BCUT2D eigenvalue weighted by Crippen LogP contribution is 2.33. The number of fused-ring (bicyclic) bond motifs is 1. The number of hydrogen-bond acceptors (Lipinski definition) is 4. The number of thioether (sulfide) groups is 1. The van der Waals surface area contributed by atoms with Crippen molar-refractivity contribution in [3.63, 3.8) is 0 Å². The first-order valence-electron chi connectivity index (χ1n) is 6.53. The first kappa shape index (κ1) is 16.5. The number of alkyl halides is 3. The Kier molecular flexibility index (Phi) is 4.90. The van der Waals surface area contributed by atoms with Crippen LogP contribution in [0, 0.1) is 0 Å². The number of aliphatic carboxylic acids is 1. The van der Waals surface area contributed by atoms with Gasteiger partial charge >= 0.3 is 12.1 Å². The summed E-state index contributed by atoms with van der Waals surface area (Å²) in [6.07, 6.45) is -3.10. The van der Waals surface area contributed by atoms with E-state index in [4.69, 9.17) is 5.11 Å². The number of carboxylic acids is 1. The zero-order valence-corrected chi connectivity index (χ0v) is 12.5. The van der Waals surface area contributed by atoms with Crippen LogP contribution in [0.2, 0.25) is 0 Å². The summed E-state index contributed by atoms with van der Waals surface area (Å²) in [4.78, 5) is 19.1. The molecular formula is C14H13F3N2O2S. The average Bonchev–Trinajstić information content (AvgIpc) is 2.43. The van der Waals surface area contributed by atoms with Crippen molar-refractivity contribution in [2.75, 3.05) is 5.75 Å². The number of aryl methyl sites for hydroxylation is 1. The van der Waals surface area contributed by atoms with Crippen LogP contribution < -0.4 is 0 Å². The van der Waals surface area contributed by atoms with Gasteiger partial charge in [-0.05, 0) is 24.6 Å². The highest BCUT2D eigenvalue weighted by Gasteiger charge is 2.31. The predicted molar refractivity (Wildman–Crippen MR) is 76.9 cm³/mol. The minimum atomic E-state index is -4.47. The van der Waals surface area contributed by atoms with Crippen molar-refractivity contribution >= 4 is 28.6 Å². The topological polar surface area (TPSA) is 63.1 Å². The van der Waals surface area contributed by atoms with E-state index in [-0.39, 0.29) is 16.2 Å².